The van der Waals surface area contributed by atoms with Crippen molar-refractivity contribution in [3.8, 4) is 44.5 Å². The molecule has 0 atom stereocenters. The Morgan fingerprint density at radius 3 is 0.543 bits per heavy atom. The quantitative estimate of drug-likeness (QED) is 0.0593. The van der Waals surface area contributed by atoms with Crippen LogP contribution in [0.5, 0.6) is 0 Å². The Morgan fingerprint density at radius 2 is 0.407 bits per heavy atom. The molecule has 0 aromatic heterocycles. The number of hydrogen-bond donors (Lipinski definition) is 3. The number of rotatable bonds is 22. The van der Waals surface area contributed by atoms with Crippen LogP contribution in [0.3, 0.4) is 0 Å². The average Bonchev–Trinajstić information content (AvgIpc) is 3.36. The summed E-state index contributed by atoms with van der Waals surface area (Å²) in [7, 11) is -5.29. The predicted molar refractivity (Wildman–Crippen MR) is 369 cm³/mol. The summed E-state index contributed by atoms with van der Waals surface area (Å²) in [4.78, 5) is 9.16. The van der Waals surface area contributed by atoms with Crippen molar-refractivity contribution in [2.45, 2.75) is 263 Å². The molecule has 0 spiro atoms. The van der Waals surface area contributed by atoms with Gasteiger partial charge >= 0.3 is 0 Å². The molecule has 0 fully saturated rings. The Labute approximate surface area is 499 Å². The van der Waals surface area contributed by atoms with Crippen molar-refractivity contribution in [2.75, 3.05) is 9.96 Å². The minimum atomic E-state index is -2.65. The van der Waals surface area contributed by atoms with Gasteiger partial charge in [0.15, 0.2) is 0 Å². The number of benzene rings is 6. The second-order valence-corrected chi connectivity index (χ2v) is 37.2. The summed E-state index contributed by atoms with van der Waals surface area (Å²) in [6, 6.07) is 34.8. The molecule has 0 amide bonds. The Balaban J connectivity index is 1.71. The minimum absolute atomic E-state index is 0.340. The summed E-state index contributed by atoms with van der Waals surface area (Å²) in [5.41, 5.74) is 30.6. The second kappa shape index (κ2) is 26.1. The van der Waals surface area contributed by atoms with Crippen molar-refractivity contribution in [3.05, 3.63) is 152 Å². The van der Waals surface area contributed by atoms with E-state index in [1.54, 1.807) is 0 Å². The maximum Gasteiger partial charge on any atom is 0.218 e. The zero-order chi connectivity index (χ0) is 60.7. The van der Waals surface area contributed by atoms with Crippen LogP contribution in [0.1, 0.15) is 304 Å². The van der Waals surface area contributed by atoms with Crippen molar-refractivity contribution >= 4 is 28.2 Å². The number of nitrogens with one attached hydrogen (secondary N) is 3. The van der Waals surface area contributed by atoms with E-state index in [4.69, 9.17) is 0 Å². The first-order valence-corrected chi connectivity index (χ1v) is 37.9. The van der Waals surface area contributed by atoms with Crippen LogP contribution in [-0.4, -0.2) is 16.8 Å². The Bertz CT molecular complexity index is 2640. The van der Waals surface area contributed by atoms with Gasteiger partial charge in [0.25, 0.3) is 0 Å². The zero-order valence-corrected chi connectivity index (χ0v) is 58.5. The molecule has 0 saturated carbocycles. The van der Waals surface area contributed by atoms with Crippen LogP contribution < -0.4 is 14.6 Å². The van der Waals surface area contributed by atoms with Crippen LogP contribution in [0.15, 0.2) is 84.9 Å². The molecule has 0 unspecified atom stereocenters. The number of hydrogen-bond acceptors (Lipinski definition) is 3. The maximum absolute atomic E-state index is 4.60. The zero-order valence-electron chi connectivity index (χ0n) is 56.5. The molecule has 0 radical (unpaired) electrons. The first-order chi connectivity index (χ1) is 37.6. The van der Waals surface area contributed by atoms with Gasteiger partial charge in [-0.2, -0.15) is 0 Å². The van der Waals surface area contributed by atoms with E-state index in [0.717, 1.165) is 0 Å². The summed E-state index contributed by atoms with van der Waals surface area (Å²) in [5.74, 6) is 4.45. The summed E-state index contributed by atoms with van der Waals surface area (Å²) in [6.07, 6.45) is 0. The van der Waals surface area contributed by atoms with Crippen molar-refractivity contribution < 1.29 is 0 Å². The highest BCUT2D eigenvalue weighted by Gasteiger charge is 2.37. The molecular formula is C76H113N3Si2. The highest BCUT2D eigenvalue weighted by Crippen LogP contribution is 2.51. The fourth-order valence-corrected chi connectivity index (χ4v) is 21.3. The van der Waals surface area contributed by atoms with Crippen LogP contribution in [0, 0.1) is 0 Å². The lowest BCUT2D eigenvalue weighted by molar-refractivity contribution is 0.806. The predicted octanol–water partition coefficient (Wildman–Crippen LogP) is 24.4. The van der Waals surface area contributed by atoms with Crippen molar-refractivity contribution in [1.82, 2.24) is 4.65 Å². The van der Waals surface area contributed by atoms with E-state index in [0.29, 0.717) is 71.0 Å². The maximum atomic E-state index is 4.60. The highest BCUT2D eigenvalue weighted by atomic mass is 28.4. The van der Waals surface area contributed by atoms with Gasteiger partial charge in [-0.25, -0.2) is 0 Å². The van der Waals surface area contributed by atoms with E-state index in [1.165, 1.54) is 123 Å². The Hall–Kier alpha value is -4.69. The Kier molecular flexibility index (Phi) is 21.1. The smallest absolute Gasteiger partial charge is 0.218 e. The molecule has 0 aliphatic rings. The van der Waals surface area contributed by atoms with Crippen LogP contribution in [0.2, 0.25) is 26.2 Å². The van der Waals surface area contributed by atoms with E-state index in [-0.39, 0.29) is 0 Å². The lowest BCUT2D eigenvalue weighted by Gasteiger charge is -2.39. The topological polar surface area (TPSA) is 36.1 Å². The molecule has 0 aliphatic carbocycles. The van der Waals surface area contributed by atoms with Crippen molar-refractivity contribution in [1.29, 1.82) is 0 Å². The van der Waals surface area contributed by atoms with E-state index < -0.39 is 16.8 Å². The fraction of sp³-hybridized carbons (Fsp3) is 0.526. The van der Waals surface area contributed by atoms with Crippen LogP contribution in [0.25, 0.3) is 44.5 Å². The first-order valence-electron chi connectivity index (χ1n) is 31.9. The lowest BCUT2D eigenvalue weighted by atomic mass is 9.78. The summed E-state index contributed by atoms with van der Waals surface area (Å²) in [5, 5.41) is 0. The van der Waals surface area contributed by atoms with Gasteiger partial charge in [-0.3, -0.25) is 0 Å². The molecule has 0 saturated heterocycles. The molecule has 3 N–H and O–H groups in total. The Morgan fingerprint density at radius 1 is 0.247 bits per heavy atom. The van der Waals surface area contributed by atoms with Gasteiger partial charge in [-0.15, -0.1) is 0 Å². The number of anilines is 2. The minimum Gasteiger partial charge on any atom is -0.398 e. The van der Waals surface area contributed by atoms with Gasteiger partial charge in [0, 0.05) is 33.6 Å². The molecular weight excluding hydrogens is 1010 g/mol. The van der Waals surface area contributed by atoms with E-state index >= 15 is 0 Å². The van der Waals surface area contributed by atoms with Gasteiger partial charge in [0.05, 0.1) is 0 Å². The van der Waals surface area contributed by atoms with Crippen LogP contribution >= 0.6 is 0 Å². The molecule has 81 heavy (non-hydrogen) atoms. The molecule has 6 rings (SSSR count). The summed E-state index contributed by atoms with van der Waals surface area (Å²) >= 11 is 0. The van der Waals surface area contributed by atoms with Crippen LogP contribution in [-0.2, 0) is 0 Å². The van der Waals surface area contributed by atoms with Crippen molar-refractivity contribution in [3.63, 3.8) is 0 Å². The van der Waals surface area contributed by atoms with Gasteiger partial charge in [0.2, 0.25) is 16.8 Å². The lowest BCUT2D eigenvalue weighted by Crippen LogP contribution is -2.67. The van der Waals surface area contributed by atoms with Crippen molar-refractivity contribution in [2.24, 2.45) is 0 Å². The molecule has 0 aliphatic heterocycles. The third-order valence-corrected chi connectivity index (χ3v) is 24.0. The molecule has 6 aromatic rings. The molecule has 6 aromatic carbocycles. The van der Waals surface area contributed by atoms with Gasteiger partial charge in [0.1, 0.15) is 0 Å². The molecule has 0 bridgehead atoms. The first kappa shape index (κ1) is 65.5. The fourth-order valence-electron chi connectivity index (χ4n) is 12.7. The SMILES string of the molecule is CC(C)c1cc(C(C)C)c(-c2cccc(-c3c(C(C)C)cc(C(C)C)cc3C(C)C)c2N[Si](C)(C)N[Si](C)(C)Nc2c(-c3c(C(C)C)cc(C(C)C)cc3C(C)C)cccc2-c2c(C(C)C)cc(C(C)C)cc2C(C)C)c(C(C)C)c1. The molecule has 0 heterocycles. The molecule has 440 valence electrons. The van der Waals surface area contributed by atoms with E-state index in [1.807, 2.05) is 0 Å². The number of para-hydroxylation sites is 2. The van der Waals surface area contributed by atoms with Gasteiger partial charge < -0.3 is 14.6 Å². The third kappa shape index (κ3) is 14.5. The van der Waals surface area contributed by atoms with E-state index in [9.17, 15) is 0 Å². The highest BCUT2D eigenvalue weighted by molar-refractivity contribution is 6.94. The molecule has 3 nitrogen and oxygen atoms in total. The largest absolute Gasteiger partial charge is 0.398 e. The van der Waals surface area contributed by atoms with E-state index in [2.05, 4.69) is 292 Å². The summed E-state index contributed by atoms with van der Waals surface area (Å²) < 4.78 is 4.60. The summed E-state index contributed by atoms with van der Waals surface area (Å²) in [6.45, 7) is 67.3. The van der Waals surface area contributed by atoms with Gasteiger partial charge in [-0.05, 0) is 186 Å². The standard InChI is InChI=1S/C76H113N3Si2/c1-43(2)55-35-63(47(9)10)71(64(36-55)48(11)12)59-31-29-32-60(72-65(49(13)14)37-56(44(3)4)38-66(72)50(15)16)75(59)77-80(25,26)79-81(27,28)78-76-61(73-67(51(17)18)39-57(45(5)6)40-68(73)52(19)20)33-30-34-62(76)74-69(53(21)22)41-58(46(7)8)42-70(74)54(23)24/h29-54,77-79H,1-28H3. The third-order valence-electron chi connectivity index (χ3n) is 17.2. The average molecular weight is 1120 g/mol. The molecule has 5 heteroatoms. The van der Waals surface area contributed by atoms with Gasteiger partial charge in [-0.1, -0.05) is 251 Å². The second-order valence-electron chi connectivity index (χ2n) is 29.2. The normalized spacial score (nSPS) is 12.8. The van der Waals surface area contributed by atoms with Crippen LogP contribution in [0.4, 0.5) is 11.4 Å². The monoisotopic (exact) mass is 1120 g/mol.